The van der Waals surface area contributed by atoms with Crippen LogP contribution in [-0.4, -0.2) is 18.5 Å². The zero-order valence-electron chi connectivity index (χ0n) is 11.9. The SMILES string of the molecule is C=C(NC)C(=Nc1ccccc1N)C(=N)c1ccccc1. The van der Waals surface area contributed by atoms with Gasteiger partial charge in [-0.25, -0.2) is 4.99 Å². The molecule has 0 fully saturated rings. The highest BCUT2D eigenvalue weighted by atomic mass is 14.9. The van der Waals surface area contributed by atoms with Gasteiger partial charge in [0, 0.05) is 12.6 Å². The van der Waals surface area contributed by atoms with Crippen LogP contribution in [0.15, 0.2) is 71.9 Å². The lowest BCUT2D eigenvalue weighted by Crippen LogP contribution is -2.23. The highest BCUT2D eigenvalue weighted by molar-refractivity contribution is 6.52. The number of anilines is 1. The molecule has 4 nitrogen and oxygen atoms in total. The Labute approximate surface area is 124 Å². The van der Waals surface area contributed by atoms with Gasteiger partial charge in [-0.1, -0.05) is 49.0 Å². The molecule has 0 aliphatic rings. The maximum Gasteiger partial charge on any atom is 0.112 e. The fourth-order valence-electron chi connectivity index (χ4n) is 1.84. The highest BCUT2D eigenvalue weighted by Gasteiger charge is 2.13. The highest BCUT2D eigenvalue weighted by Crippen LogP contribution is 2.22. The molecule has 0 heterocycles. The Balaban J connectivity index is 2.47. The summed E-state index contributed by atoms with van der Waals surface area (Å²) in [5, 5.41) is 11.3. The summed E-state index contributed by atoms with van der Waals surface area (Å²) >= 11 is 0. The van der Waals surface area contributed by atoms with Gasteiger partial charge in [-0.3, -0.25) is 5.41 Å². The smallest absolute Gasteiger partial charge is 0.112 e. The van der Waals surface area contributed by atoms with E-state index >= 15 is 0 Å². The molecule has 0 saturated carbocycles. The molecule has 0 bridgehead atoms. The van der Waals surface area contributed by atoms with Crippen LogP contribution in [-0.2, 0) is 0 Å². The van der Waals surface area contributed by atoms with Gasteiger partial charge in [0.05, 0.1) is 22.8 Å². The molecule has 0 aliphatic carbocycles. The molecule has 0 amide bonds. The van der Waals surface area contributed by atoms with Crippen molar-refractivity contribution in [2.24, 2.45) is 4.99 Å². The van der Waals surface area contributed by atoms with Crippen molar-refractivity contribution < 1.29 is 0 Å². The van der Waals surface area contributed by atoms with E-state index in [2.05, 4.69) is 16.9 Å². The van der Waals surface area contributed by atoms with Crippen LogP contribution in [0, 0.1) is 5.41 Å². The average molecular weight is 278 g/mol. The normalized spacial score (nSPS) is 11.0. The van der Waals surface area contributed by atoms with Crippen molar-refractivity contribution in [2.75, 3.05) is 12.8 Å². The maximum atomic E-state index is 8.37. The number of nitrogens with zero attached hydrogens (tertiary/aromatic N) is 1. The van der Waals surface area contributed by atoms with Crippen LogP contribution in [0.4, 0.5) is 11.4 Å². The topological polar surface area (TPSA) is 74.3 Å². The summed E-state index contributed by atoms with van der Waals surface area (Å²) in [5.74, 6) is 0. The van der Waals surface area contributed by atoms with E-state index in [4.69, 9.17) is 11.1 Å². The second-order valence-electron chi connectivity index (χ2n) is 4.49. The van der Waals surface area contributed by atoms with Gasteiger partial charge >= 0.3 is 0 Å². The molecule has 4 heteroatoms. The van der Waals surface area contributed by atoms with Crippen molar-refractivity contribution in [3.8, 4) is 0 Å². The minimum absolute atomic E-state index is 0.304. The third-order valence-corrected chi connectivity index (χ3v) is 3.06. The molecular formula is C17H18N4. The second-order valence-corrected chi connectivity index (χ2v) is 4.49. The first-order valence-electron chi connectivity index (χ1n) is 6.58. The maximum absolute atomic E-state index is 8.37. The number of nitrogens with one attached hydrogen (secondary N) is 2. The van der Waals surface area contributed by atoms with Crippen molar-refractivity contribution >= 4 is 22.8 Å². The van der Waals surface area contributed by atoms with Crippen molar-refractivity contribution in [3.63, 3.8) is 0 Å². The first kappa shape index (κ1) is 14.5. The molecule has 2 rings (SSSR count). The van der Waals surface area contributed by atoms with E-state index in [0.717, 1.165) is 5.56 Å². The third-order valence-electron chi connectivity index (χ3n) is 3.06. The first-order valence-corrected chi connectivity index (χ1v) is 6.58. The van der Waals surface area contributed by atoms with E-state index in [1.54, 1.807) is 13.1 Å². The van der Waals surface area contributed by atoms with E-state index < -0.39 is 0 Å². The molecule has 2 aromatic rings. The molecule has 0 aromatic heterocycles. The first-order chi connectivity index (χ1) is 10.1. The summed E-state index contributed by atoms with van der Waals surface area (Å²) in [6.45, 7) is 3.92. The Morgan fingerprint density at radius 1 is 1.10 bits per heavy atom. The predicted molar refractivity (Wildman–Crippen MR) is 89.4 cm³/mol. The number of hydrogen-bond acceptors (Lipinski definition) is 4. The Hall–Kier alpha value is -2.88. The van der Waals surface area contributed by atoms with Gasteiger partial charge < -0.3 is 11.1 Å². The van der Waals surface area contributed by atoms with Crippen molar-refractivity contribution in [1.82, 2.24) is 5.32 Å². The molecule has 0 radical (unpaired) electrons. The van der Waals surface area contributed by atoms with Gasteiger partial charge in [0.25, 0.3) is 0 Å². The van der Waals surface area contributed by atoms with Crippen LogP contribution in [0.2, 0.25) is 0 Å². The van der Waals surface area contributed by atoms with Crippen LogP contribution < -0.4 is 11.1 Å². The molecule has 0 aliphatic heterocycles. The fourth-order valence-corrected chi connectivity index (χ4v) is 1.84. The minimum atomic E-state index is 0.304. The second kappa shape index (κ2) is 6.52. The molecule has 21 heavy (non-hydrogen) atoms. The van der Waals surface area contributed by atoms with Gasteiger partial charge in [0.15, 0.2) is 0 Å². The van der Waals surface area contributed by atoms with Gasteiger partial charge in [0.1, 0.15) is 5.71 Å². The van der Waals surface area contributed by atoms with E-state index in [1.807, 2.05) is 48.5 Å². The van der Waals surface area contributed by atoms with Crippen LogP contribution in [0.3, 0.4) is 0 Å². The zero-order chi connectivity index (χ0) is 15.2. The summed E-state index contributed by atoms with van der Waals surface area (Å²) in [4.78, 5) is 4.51. The lowest BCUT2D eigenvalue weighted by atomic mass is 10.0. The minimum Gasteiger partial charge on any atom is -0.397 e. The quantitative estimate of drug-likeness (QED) is 0.580. The Kier molecular flexibility index (Phi) is 4.51. The molecule has 0 unspecified atom stereocenters. The van der Waals surface area contributed by atoms with Crippen molar-refractivity contribution in [1.29, 1.82) is 5.41 Å². The molecular weight excluding hydrogens is 260 g/mol. The van der Waals surface area contributed by atoms with Crippen LogP contribution in [0.1, 0.15) is 5.56 Å². The monoisotopic (exact) mass is 278 g/mol. The lowest BCUT2D eigenvalue weighted by molar-refractivity contribution is 1.06. The predicted octanol–water partition coefficient (Wildman–Crippen LogP) is 3.14. The standard InChI is InChI=1S/C17H18N4/c1-12(20-2)17(16(19)13-8-4-3-5-9-13)21-15-11-7-6-10-14(15)18/h3-11,19-20H,1,18H2,2H3. The fraction of sp³-hybridized carbons (Fsp3) is 0.0588. The summed E-state index contributed by atoms with van der Waals surface area (Å²) < 4.78 is 0. The van der Waals surface area contributed by atoms with Gasteiger partial charge in [-0.05, 0) is 12.1 Å². The Bertz CT molecular complexity index is 687. The summed E-state index contributed by atoms with van der Waals surface area (Å²) in [6, 6.07) is 16.7. The Morgan fingerprint density at radius 2 is 1.71 bits per heavy atom. The summed E-state index contributed by atoms with van der Waals surface area (Å²) in [7, 11) is 1.75. The van der Waals surface area contributed by atoms with Gasteiger partial charge in [-0.15, -0.1) is 0 Å². The number of para-hydroxylation sites is 2. The number of allylic oxidation sites excluding steroid dienone is 1. The number of hydrogen-bond donors (Lipinski definition) is 3. The molecule has 106 valence electrons. The van der Waals surface area contributed by atoms with E-state index in [9.17, 15) is 0 Å². The molecule has 0 spiro atoms. The number of benzene rings is 2. The van der Waals surface area contributed by atoms with Gasteiger partial charge in [-0.2, -0.15) is 0 Å². The van der Waals surface area contributed by atoms with Crippen molar-refractivity contribution in [3.05, 3.63) is 72.4 Å². The van der Waals surface area contributed by atoms with Crippen LogP contribution in [0.25, 0.3) is 0 Å². The van der Waals surface area contributed by atoms with Gasteiger partial charge in [0.2, 0.25) is 0 Å². The van der Waals surface area contributed by atoms with E-state index in [-0.39, 0.29) is 0 Å². The number of rotatable bonds is 5. The summed E-state index contributed by atoms with van der Waals surface area (Å²) in [5.41, 5.74) is 9.25. The van der Waals surface area contributed by atoms with E-state index in [0.29, 0.717) is 28.5 Å². The summed E-state index contributed by atoms with van der Waals surface area (Å²) in [6.07, 6.45) is 0. The Morgan fingerprint density at radius 3 is 2.33 bits per heavy atom. The molecule has 0 saturated heterocycles. The zero-order valence-corrected chi connectivity index (χ0v) is 11.9. The largest absolute Gasteiger partial charge is 0.397 e. The average Bonchev–Trinajstić information content (AvgIpc) is 2.53. The van der Waals surface area contributed by atoms with Crippen molar-refractivity contribution in [2.45, 2.75) is 0 Å². The third kappa shape index (κ3) is 3.36. The number of aliphatic imine (C=N–C) groups is 1. The lowest BCUT2D eigenvalue weighted by Gasteiger charge is -2.12. The molecule has 4 N–H and O–H groups in total. The van der Waals surface area contributed by atoms with Crippen LogP contribution in [0.5, 0.6) is 0 Å². The molecule has 2 aromatic carbocycles. The number of nitrogens with two attached hydrogens (primary N) is 1. The molecule has 0 atom stereocenters. The van der Waals surface area contributed by atoms with E-state index in [1.165, 1.54) is 0 Å². The number of nitrogen functional groups attached to an aromatic ring is 1. The van der Waals surface area contributed by atoms with Crippen LogP contribution >= 0.6 is 0 Å².